The van der Waals surface area contributed by atoms with Crippen molar-refractivity contribution in [3.63, 3.8) is 0 Å². The molecule has 0 amide bonds. The lowest BCUT2D eigenvalue weighted by Crippen LogP contribution is -2.28. The van der Waals surface area contributed by atoms with E-state index in [4.69, 9.17) is 14.6 Å². The minimum absolute atomic E-state index is 0.137. The van der Waals surface area contributed by atoms with Crippen LogP contribution in [0.3, 0.4) is 0 Å². The van der Waals surface area contributed by atoms with E-state index in [1.165, 1.54) is 11.3 Å². The highest BCUT2D eigenvalue weighted by molar-refractivity contribution is 7.93. The molecule has 1 aliphatic rings. The number of thiazole rings is 2. The Morgan fingerprint density at radius 1 is 1.14 bits per heavy atom. The van der Waals surface area contributed by atoms with Crippen molar-refractivity contribution in [2.24, 2.45) is 0 Å². The maximum absolute atomic E-state index is 12.6. The van der Waals surface area contributed by atoms with Gasteiger partial charge < -0.3 is 14.7 Å². The van der Waals surface area contributed by atoms with Crippen LogP contribution in [0.1, 0.15) is 0 Å². The Labute approximate surface area is 204 Å². The first-order chi connectivity index (χ1) is 16.5. The summed E-state index contributed by atoms with van der Waals surface area (Å²) in [4.78, 5) is 19.5. The molecule has 0 bridgehead atoms. The van der Waals surface area contributed by atoms with Crippen LogP contribution in [0.25, 0.3) is 10.2 Å². The zero-order valence-corrected chi connectivity index (χ0v) is 19.8. The van der Waals surface area contributed by atoms with Crippen molar-refractivity contribution in [1.29, 1.82) is 0 Å². The molecule has 15 heteroatoms. The van der Waals surface area contributed by atoms with Crippen molar-refractivity contribution in [3.8, 4) is 5.75 Å². The van der Waals surface area contributed by atoms with E-state index in [0.717, 1.165) is 21.6 Å². The summed E-state index contributed by atoms with van der Waals surface area (Å²) >= 11 is 2.83. The topological polar surface area (TPSA) is 122 Å². The van der Waals surface area contributed by atoms with Gasteiger partial charge in [0.2, 0.25) is 0 Å². The van der Waals surface area contributed by atoms with Gasteiger partial charge in [0.15, 0.2) is 5.13 Å². The van der Waals surface area contributed by atoms with Gasteiger partial charge in [0, 0.05) is 23.3 Å². The fraction of sp³-hybridized carbons (Fsp3) is 0.150. The fourth-order valence-corrected chi connectivity index (χ4v) is 5.56. The molecule has 0 radical (unpaired) electrons. The Morgan fingerprint density at radius 3 is 2.60 bits per heavy atom. The van der Waals surface area contributed by atoms with Crippen molar-refractivity contribution >= 4 is 65.4 Å². The second kappa shape index (κ2) is 9.67. The number of rotatable bonds is 4. The zero-order chi connectivity index (χ0) is 25.2. The molecular weight excluding hydrogens is 529 g/mol. The molecule has 2 aromatic heterocycles. The van der Waals surface area contributed by atoms with Crippen LogP contribution in [0, 0.1) is 0 Å². The predicted octanol–water partition coefficient (Wildman–Crippen LogP) is 4.72. The van der Waals surface area contributed by atoms with Gasteiger partial charge >= 0.3 is 12.1 Å². The number of carboxylic acid groups (broad SMARTS) is 1. The van der Waals surface area contributed by atoms with E-state index in [-0.39, 0.29) is 4.90 Å². The number of carbonyl (C=O) groups is 1. The van der Waals surface area contributed by atoms with Crippen LogP contribution in [0.5, 0.6) is 5.75 Å². The summed E-state index contributed by atoms with van der Waals surface area (Å²) in [7, 11) is -3.73. The first kappa shape index (κ1) is 24.7. The van der Waals surface area contributed by atoms with E-state index < -0.39 is 22.2 Å². The molecule has 4 aromatic rings. The van der Waals surface area contributed by atoms with Gasteiger partial charge in [-0.25, -0.2) is 23.2 Å². The molecule has 0 atom stereocenters. The number of fused-ring (bicyclic) bond motifs is 2. The number of hydrogen-bond acceptors (Lipinski definition) is 9. The number of halogens is 3. The quantitative estimate of drug-likeness (QED) is 0.379. The maximum atomic E-state index is 12.6. The second-order valence-corrected chi connectivity index (χ2v) is 10.3. The van der Waals surface area contributed by atoms with Gasteiger partial charge in [-0.05, 0) is 30.3 Å². The highest BCUT2D eigenvalue weighted by Crippen LogP contribution is 2.39. The number of aliphatic carboxylic acids is 1. The number of nitrogens with zero attached hydrogens (tertiary/aromatic N) is 3. The largest absolute Gasteiger partial charge is 0.490 e. The summed E-state index contributed by atoms with van der Waals surface area (Å²) in [6, 6.07) is 11.0. The fourth-order valence-electron chi connectivity index (χ4n) is 3.10. The molecule has 1 aliphatic heterocycles. The van der Waals surface area contributed by atoms with Crippen molar-refractivity contribution < 1.29 is 36.2 Å². The minimum Gasteiger partial charge on any atom is -0.489 e. The number of alkyl halides is 3. The summed E-state index contributed by atoms with van der Waals surface area (Å²) in [5.74, 6) is -2.22. The third kappa shape index (κ3) is 5.63. The molecule has 0 spiro atoms. The average Bonchev–Trinajstić information content (AvgIpc) is 3.49. The molecule has 0 fully saturated rings. The minimum atomic E-state index is -5.08. The van der Waals surface area contributed by atoms with Gasteiger partial charge in [0.25, 0.3) is 10.0 Å². The smallest absolute Gasteiger partial charge is 0.489 e. The van der Waals surface area contributed by atoms with Crippen LogP contribution in [-0.2, 0) is 14.8 Å². The van der Waals surface area contributed by atoms with E-state index in [2.05, 4.69) is 19.6 Å². The van der Waals surface area contributed by atoms with Gasteiger partial charge in [-0.3, -0.25) is 4.72 Å². The number of nitrogens with one attached hydrogen (secondary N) is 1. The third-order valence-electron chi connectivity index (χ3n) is 4.63. The molecule has 9 nitrogen and oxygen atoms in total. The molecule has 0 unspecified atom stereocenters. The van der Waals surface area contributed by atoms with Gasteiger partial charge in [-0.15, -0.1) is 22.7 Å². The second-order valence-electron chi connectivity index (χ2n) is 6.88. The molecule has 0 aliphatic carbocycles. The molecule has 184 valence electrons. The SMILES string of the molecule is O=C(O)C(F)(F)F.O=S(=O)(Nc1nccs1)c1ccc2c(c1)OCCN2c1ccc2scnc2c1. The van der Waals surface area contributed by atoms with Crippen molar-refractivity contribution in [2.75, 3.05) is 22.8 Å². The molecule has 3 heterocycles. The van der Waals surface area contributed by atoms with Crippen molar-refractivity contribution in [1.82, 2.24) is 9.97 Å². The summed E-state index contributed by atoms with van der Waals surface area (Å²) in [6.07, 6.45) is -3.53. The third-order valence-corrected chi connectivity index (χ3v) is 7.59. The Morgan fingerprint density at radius 2 is 1.91 bits per heavy atom. The number of carboxylic acids is 1. The first-order valence-corrected chi connectivity index (χ1v) is 12.9. The molecule has 2 N–H and O–H groups in total. The molecule has 35 heavy (non-hydrogen) atoms. The van der Waals surface area contributed by atoms with Crippen molar-refractivity contribution in [3.05, 3.63) is 53.5 Å². The Bertz CT molecular complexity index is 1460. The summed E-state index contributed by atoms with van der Waals surface area (Å²) in [5.41, 5.74) is 4.60. The lowest BCUT2D eigenvalue weighted by molar-refractivity contribution is -0.192. The average molecular weight is 545 g/mol. The molecule has 0 saturated heterocycles. The molecule has 2 aromatic carbocycles. The number of hydrogen-bond donors (Lipinski definition) is 2. The Hall–Kier alpha value is -3.43. The number of ether oxygens (including phenoxy) is 1. The van der Waals surface area contributed by atoms with E-state index in [1.807, 2.05) is 23.7 Å². The van der Waals surface area contributed by atoms with Crippen LogP contribution < -0.4 is 14.4 Å². The Balaban J connectivity index is 0.000000364. The summed E-state index contributed by atoms with van der Waals surface area (Å²) in [5, 5.41) is 9.17. The van der Waals surface area contributed by atoms with E-state index in [9.17, 15) is 21.6 Å². The lowest BCUT2D eigenvalue weighted by Gasteiger charge is -2.31. The van der Waals surface area contributed by atoms with Gasteiger partial charge in [0.1, 0.15) is 12.4 Å². The number of anilines is 3. The zero-order valence-electron chi connectivity index (χ0n) is 17.4. The molecule has 0 saturated carbocycles. The van der Waals surface area contributed by atoms with Crippen LogP contribution >= 0.6 is 22.7 Å². The van der Waals surface area contributed by atoms with Crippen molar-refractivity contribution in [2.45, 2.75) is 11.1 Å². The van der Waals surface area contributed by atoms with Crippen LogP contribution in [0.4, 0.5) is 29.7 Å². The predicted molar refractivity (Wildman–Crippen MR) is 125 cm³/mol. The van der Waals surface area contributed by atoms with E-state index >= 15 is 0 Å². The normalized spacial score (nSPS) is 13.4. The van der Waals surface area contributed by atoms with Crippen LogP contribution in [0.15, 0.2) is 58.4 Å². The summed E-state index contributed by atoms with van der Waals surface area (Å²) < 4.78 is 66.4. The van der Waals surface area contributed by atoms with Gasteiger partial charge in [-0.2, -0.15) is 13.2 Å². The number of benzene rings is 2. The van der Waals surface area contributed by atoms with Crippen LogP contribution in [-0.4, -0.2) is 48.8 Å². The standard InChI is InChI=1S/C18H14N4O3S3.C2HF3O2/c23-28(24,21-18-19-5-8-26-18)13-2-3-15-16(10-13)25-7-6-22(15)12-1-4-17-14(9-12)20-11-27-17;3-2(4,5)1(6)7/h1-5,8-11H,6-7H2,(H,19,21);(H,6,7). The van der Waals surface area contributed by atoms with Crippen LogP contribution in [0.2, 0.25) is 0 Å². The lowest BCUT2D eigenvalue weighted by atomic mass is 10.2. The van der Waals surface area contributed by atoms with E-state index in [0.29, 0.717) is 24.0 Å². The molecule has 5 rings (SSSR count). The Kier molecular flexibility index (Phi) is 6.82. The highest BCUT2D eigenvalue weighted by atomic mass is 32.2. The van der Waals surface area contributed by atoms with E-state index in [1.54, 1.807) is 41.1 Å². The first-order valence-electron chi connectivity index (χ1n) is 9.65. The summed E-state index contributed by atoms with van der Waals surface area (Å²) in [6.45, 7) is 1.14. The highest BCUT2D eigenvalue weighted by Gasteiger charge is 2.38. The molecular formula is C20H15F3N4O5S3. The monoisotopic (exact) mass is 544 g/mol. The number of aromatic nitrogens is 2. The number of sulfonamides is 1. The maximum Gasteiger partial charge on any atom is 0.490 e. The van der Waals surface area contributed by atoms with Gasteiger partial charge in [0.05, 0.1) is 32.9 Å². The van der Waals surface area contributed by atoms with Gasteiger partial charge in [-0.1, -0.05) is 0 Å².